The number of para-hydroxylation sites is 1. The highest BCUT2D eigenvalue weighted by molar-refractivity contribution is 6.00. The van der Waals surface area contributed by atoms with Crippen LogP contribution in [-0.2, 0) is 14.3 Å². The average molecular weight is 315 g/mol. The molecule has 1 aromatic rings. The van der Waals surface area contributed by atoms with E-state index in [4.69, 9.17) is 4.74 Å². The number of benzene rings is 1. The van der Waals surface area contributed by atoms with Gasteiger partial charge in [-0.2, -0.15) is 0 Å². The van der Waals surface area contributed by atoms with E-state index in [9.17, 15) is 19.7 Å². The topological polar surface area (TPSA) is 86.5 Å². The Bertz CT molecular complexity index is 747. The van der Waals surface area contributed by atoms with E-state index in [-0.39, 0.29) is 23.3 Å². The molecule has 2 aliphatic rings. The third kappa shape index (κ3) is 2.76. The minimum Gasteiger partial charge on any atom is -0.431 e. The van der Waals surface area contributed by atoms with Gasteiger partial charge >= 0.3 is 5.97 Å². The maximum atomic E-state index is 12.6. The van der Waals surface area contributed by atoms with Gasteiger partial charge in [0.1, 0.15) is 5.76 Å². The average Bonchev–Trinajstić information content (AvgIpc) is 2.44. The fourth-order valence-corrected chi connectivity index (χ4v) is 3.42. The van der Waals surface area contributed by atoms with Crippen molar-refractivity contribution in [3.63, 3.8) is 0 Å². The zero-order chi connectivity index (χ0) is 16.8. The first-order chi connectivity index (χ1) is 10.8. The van der Waals surface area contributed by atoms with Crippen molar-refractivity contribution in [1.29, 1.82) is 0 Å². The number of nitro groups is 1. The van der Waals surface area contributed by atoms with Gasteiger partial charge in [0.2, 0.25) is 0 Å². The Kier molecular flexibility index (Phi) is 3.55. The summed E-state index contributed by atoms with van der Waals surface area (Å²) in [6, 6.07) is 6.26. The van der Waals surface area contributed by atoms with E-state index in [1.165, 1.54) is 6.07 Å². The second-order valence-electron chi connectivity index (χ2n) is 6.82. The lowest BCUT2D eigenvalue weighted by atomic mass is 9.71. The fourth-order valence-electron chi connectivity index (χ4n) is 3.42. The molecule has 6 heteroatoms. The number of carbonyl (C=O) groups excluding carboxylic acids is 2. The van der Waals surface area contributed by atoms with Crippen molar-refractivity contribution in [1.82, 2.24) is 0 Å². The third-order valence-electron chi connectivity index (χ3n) is 4.34. The molecule has 1 heterocycles. The Balaban J connectivity index is 2.14. The van der Waals surface area contributed by atoms with Crippen LogP contribution in [0.1, 0.15) is 44.6 Å². The van der Waals surface area contributed by atoms with Crippen LogP contribution < -0.4 is 0 Å². The monoisotopic (exact) mass is 315 g/mol. The third-order valence-corrected chi connectivity index (χ3v) is 4.34. The second-order valence-corrected chi connectivity index (χ2v) is 6.82. The summed E-state index contributed by atoms with van der Waals surface area (Å²) >= 11 is 0. The Hall–Kier alpha value is -2.50. The molecule has 0 aromatic heterocycles. The molecule has 1 aliphatic carbocycles. The number of allylic oxidation sites excluding steroid dienone is 2. The van der Waals surface area contributed by atoms with Crippen LogP contribution in [0.4, 0.5) is 5.69 Å². The molecule has 0 fully saturated rings. The van der Waals surface area contributed by atoms with Gasteiger partial charge in [0, 0.05) is 36.0 Å². The minimum atomic E-state index is -0.601. The molecule has 0 spiro atoms. The van der Waals surface area contributed by atoms with E-state index in [1.54, 1.807) is 18.2 Å². The van der Waals surface area contributed by atoms with Crippen LogP contribution in [0.5, 0.6) is 0 Å². The summed E-state index contributed by atoms with van der Waals surface area (Å²) in [6.07, 6.45) is 0.785. The normalized spacial score (nSPS) is 23.3. The molecule has 0 saturated carbocycles. The number of ether oxygens (including phenoxy) is 1. The maximum Gasteiger partial charge on any atom is 0.311 e. The highest BCUT2D eigenvalue weighted by Crippen LogP contribution is 2.47. The van der Waals surface area contributed by atoms with Crippen molar-refractivity contribution in [2.45, 2.75) is 39.0 Å². The van der Waals surface area contributed by atoms with E-state index in [2.05, 4.69) is 0 Å². The van der Waals surface area contributed by atoms with Crippen molar-refractivity contribution in [3.8, 4) is 0 Å². The van der Waals surface area contributed by atoms with Crippen LogP contribution in [0.3, 0.4) is 0 Å². The summed E-state index contributed by atoms with van der Waals surface area (Å²) < 4.78 is 5.30. The number of nitrogens with zero attached hydrogens (tertiary/aromatic N) is 1. The van der Waals surface area contributed by atoms with E-state index < -0.39 is 16.8 Å². The first-order valence-electron chi connectivity index (χ1n) is 7.49. The standard InChI is InChI=1S/C17H17NO5/c1-17(2)8-13(19)16-11(7-15(20)23-14(16)9-17)10-5-3-4-6-12(10)18(21)22/h3-6,11H,7-9H2,1-2H3. The van der Waals surface area contributed by atoms with Crippen molar-refractivity contribution < 1.29 is 19.2 Å². The lowest BCUT2D eigenvalue weighted by Crippen LogP contribution is -2.34. The molecule has 0 radical (unpaired) electrons. The van der Waals surface area contributed by atoms with Gasteiger partial charge in [-0.25, -0.2) is 0 Å². The summed E-state index contributed by atoms with van der Waals surface area (Å²) in [7, 11) is 0. The molecular formula is C17H17NO5. The predicted octanol–water partition coefficient (Wildman–Crippen LogP) is 3.27. The van der Waals surface area contributed by atoms with Gasteiger partial charge in [0.05, 0.1) is 11.3 Å². The molecule has 0 N–H and O–H groups in total. The molecule has 1 unspecified atom stereocenters. The smallest absolute Gasteiger partial charge is 0.311 e. The number of hydrogen-bond donors (Lipinski definition) is 0. The van der Waals surface area contributed by atoms with Gasteiger partial charge in [-0.05, 0) is 5.41 Å². The number of carbonyl (C=O) groups is 2. The number of hydrogen-bond acceptors (Lipinski definition) is 5. The summed E-state index contributed by atoms with van der Waals surface area (Å²) in [5.74, 6) is -0.758. The number of Topliss-reactive ketones (excluding diaryl/α,β-unsaturated/α-hetero) is 1. The lowest BCUT2D eigenvalue weighted by molar-refractivity contribution is -0.385. The fraction of sp³-hybridized carbons (Fsp3) is 0.412. The quantitative estimate of drug-likeness (QED) is 0.475. The molecule has 3 rings (SSSR count). The largest absolute Gasteiger partial charge is 0.431 e. The Labute approximate surface area is 133 Å². The molecule has 1 aliphatic heterocycles. The molecule has 23 heavy (non-hydrogen) atoms. The van der Waals surface area contributed by atoms with Gasteiger partial charge in [0.25, 0.3) is 5.69 Å². The van der Waals surface area contributed by atoms with E-state index >= 15 is 0 Å². The van der Waals surface area contributed by atoms with E-state index in [0.29, 0.717) is 29.7 Å². The number of rotatable bonds is 2. The van der Waals surface area contributed by atoms with Crippen molar-refractivity contribution in [3.05, 3.63) is 51.3 Å². The molecule has 1 atom stereocenters. The number of nitro benzene ring substituents is 1. The van der Waals surface area contributed by atoms with Gasteiger partial charge in [0.15, 0.2) is 5.78 Å². The highest BCUT2D eigenvalue weighted by atomic mass is 16.6. The van der Waals surface area contributed by atoms with Gasteiger partial charge in [-0.3, -0.25) is 19.7 Å². The summed E-state index contributed by atoms with van der Waals surface area (Å²) in [5.41, 5.74) is 0.477. The Morgan fingerprint density at radius 3 is 2.61 bits per heavy atom. The van der Waals surface area contributed by atoms with Crippen LogP contribution in [0.2, 0.25) is 0 Å². The highest BCUT2D eigenvalue weighted by Gasteiger charge is 2.43. The second kappa shape index (κ2) is 5.30. The Morgan fingerprint density at radius 2 is 1.91 bits per heavy atom. The predicted molar refractivity (Wildman–Crippen MR) is 81.6 cm³/mol. The summed E-state index contributed by atoms with van der Waals surface area (Å²) in [5, 5.41) is 11.3. The minimum absolute atomic E-state index is 0.0458. The molecule has 0 bridgehead atoms. The first-order valence-corrected chi connectivity index (χ1v) is 7.49. The van der Waals surface area contributed by atoms with Crippen molar-refractivity contribution in [2.75, 3.05) is 0 Å². The summed E-state index contributed by atoms with van der Waals surface area (Å²) in [4.78, 5) is 35.4. The first kappa shape index (κ1) is 15.4. The van der Waals surface area contributed by atoms with Crippen molar-refractivity contribution >= 4 is 17.4 Å². The maximum absolute atomic E-state index is 12.6. The van der Waals surface area contributed by atoms with Crippen LogP contribution in [0.25, 0.3) is 0 Å². The molecule has 0 amide bonds. The van der Waals surface area contributed by atoms with Gasteiger partial charge < -0.3 is 4.74 Å². The molecule has 1 aromatic carbocycles. The van der Waals surface area contributed by atoms with Gasteiger partial charge in [-0.1, -0.05) is 32.0 Å². The molecular weight excluding hydrogens is 298 g/mol. The lowest BCUT2D eigenvalue weighted by Gasteiger charge is -2.36. The summed E-state index contributed by atoms with van der Waals surface area (Å²) in [6.45, 7) is 3.88. The van der Waals surface area contributed by atoms with Gasteiger partial charge in [-0.15, -0.1) is 0 Å². The zero-order valence-electron chi connectivity index (χ0n) is 13.0. The van der Waals surface area contributed by atoms with E-state index in [1.807, 2.05) is 13.8 Å². The van der Waals surface area contributed by atoms with Crippen LogP contribution in [-0.4, -0.2) is 16.7 Å². The SMILES string of the molecule is CC1(C)CC(=O)C2=C(C1)OC(=O)CC2c1ccccc1[N+](=O)[O-]. The van der Waals surface area contributed by atoms with Crippen molar-refractivity contribution in [2.24, 2.45) is 5.41 Å². The van der Waals surface area contributed by atoms with Crippen LogP contribution in [0, 0.1) is 15.5 Å². The van der Waals surface area contributed by atoms with E-state index in [0.717, 1.165) is 0 Å². The Morgan fingerprint density at radius 1 is 1.22 bits per heavy atom. The van der Waals surface area contributed by atoms with Crippen LogP contribution in [0.15, 0.2) is 35.6 Å². The number of ketones is 1. The molecule has 6 nitrogen and oxygen atoms in total. The van der Waals surface area contributed by atoms with Crippen LogP contribution >= 0.6 is 0 Å². The molecule has 120 valence electrons. The molecule has 0 saturated heterocycles. The number of esters is 1. The zero-order valence-corrected chi connectivity index (χ0v) is 13.0.